The van der Waals surface area contributed by atoms with E-state index in [0.717, 1.165) is 39.0 Å². The molecule has 21 heavy (non-hydrogen) atoms. The Balaban J connectivity index is 2.11. The number of benzene rings is 1. The fourth-order valence-corrected chi connectivity index (χ4v) is 4.44. The van der Waals surface area contributed by atoms with Crippen molar-refractivity contribution in [2.24, 2.45) is 5.92 Å². The van der Waals surface area contributed by atoms with E-state index in [2.05, 4.69) is 50.2 Å². The SMILES string of the molecule is COc1c(Br)cc(Br)cc1CNC1(CO)CCC(C)CC1. The summed E-state index contributed by atoms with van der Waals surface area (Å²) in [6, 6.07) is 4.04. The highest BCUT2D eigenvalue weighted by molar-refractivity contribution is 9.11. The standard InChI is InChI=1S/C16H23Br2NO2/c1-11-3-5-16(10-20,6-4-11)19-9-12-7-13(17)8-14(18)15(12)21-2/h7-8,11,19-20H,3-6,9-10H2,1-2H3. The molecule has 0 aromatic heterocycles. The normalized spacial score (nSPS) is 25.9. The second-order valence-electron chi connectivity index (χ2n) is 6.05. The van der Waals surface area contributed by atoms with Crippen LogP contribution in [-0.2, 0) is 6.54 Å². The molecule has 1 saturated carbocycles. The average Bonchev–Trinajstić information content (AvgIpc) is 2.47. The summed E-state index contributed by atoms with van der Waals surface area (Å²) in [5, 5.41) is 13.4. The molecule has 0 unspecified atom stereocenters. The first-order valence-electron chi connectivity index (χ1n) is 7.37. The molecule has 2 N–H and O–H groups in total. The molecule has 1 aromatic carbocycles. The molecule has 0 bridgehead atoms. The third-order valence-corrected chi connectivity index (χ3v) is 5.52. The number of nitrogens with one attached hydrogen (secondary N) is 1. The summed E-state index contributed by atoms with van der Waals surface area (Å²) in [7, 11) is 1.68. The van der Waals surface area contributed by atoms with Crippen molar-refractivity contribution < 1.29 is 9.84 Å². The van der Waals surface area contributed by atoms with E-state index in [4.69, 9.17) is 4.74 Å². The van der Waals surface area contributed by atoms with E-state index >= 15 is 0 Å². The van der Waals surface area contributed by atoms with Gasteiger partial charge in [-0.15, -0.1) is 0 Å². The number of aliphatic hydroxyl groups is 1. The maximum absolute atomic E-state index is 9.83. The van der Waals surface area contributed by atoms with Crippen LogP contribution >= 0.6 is 31.9 Å². The lowest BCUT2D eigenvalue weighted by atomic mass is 9.77. The Morgan fingerprint density at radius 2 is 2.00 bits per heavy atom. The molecule has 5 heteroatoms. The van der Waals surface area contributed by atoms with Crippen molar-refractivity contribution in [3.63, 3.8) is 0 Å². The molecule has 0 heterocycles. The van der Waals surface area contributed by atoms with Gasteiger partial charge in [0, 0.05) is 22.1 Å². The Morgan fingerprint density at radius 1 is 1.33 bits per heavy atom. The molecule has 0 saturated heterocycles. The summed E-state index contributed by atoms with van der Waals surface area (Å²) >= 11 is 7.05. The van der Waals surface area contributed by atoms with Gasteiger partial charge in [0.15, 0.2) is 0 Å². The molecule has 0 aliphatic heterocycles. The average molecular weight is 421 g/mol. The van der Waals surface area contributed by atoms with Crippen molar-refractivity contribution in [3.8, 4) is 5.75 Å². The van der Waals surface area contributed by atoms with Crippen molar-refractivity contribution in [2.45, 2.75) is 44.7 Å². The van der Waals surface area contributed by atoms with E-state index < -0.39 is 0 Å². The predicted molar refractivity (Wildman–Crippen MR) is 92.7 cm³/mol. The highest BCUT2D eigenvalue weighted by Crippen LogP contribution is 2.35. The second kappa shape index (κ2) is 7.44. The Bertz CT molecular complexity index is 485. The summed E-state index contributed by atoms with van der Waals surface area (Å²) < 4.78 is 7.44. The highest BCUT2D eigenvalue weighted by atomic mass is 79.9. The molecule has 0 atom stereocenters. The van der Waals surface area contributed by atoms with Gasteiger partial charge in [-0.2, -0.15) is 0 Å². The minimum atomic E-state index is -0.147. The van der Waals surface area contributed by atoms with Crippen LogP contribution in [0.5, 0.6) is 5.75 Å². The minimum absolute atomic E-state index is 0.147. The smallest absolute Gasteiger partial charge is 0.137 e. The number of hydrogen-bond acceptors (Lipinski definition) is 3. The molecule has 2 rings (SSSR count). The molecule has 118 valence electrons. The molecule has 3 nitrogen and oxygen atoms in total. The highest BCUT2D eigenvalue weighted by Gasteiger charge is 2.33. The van der Waals surface area contributed by atoms with Crippen LogP contribution in [0.1, 0.15) is 38.2 Å². The van der Waals surface area contributed by atoms with Gasteiger partial charge < -0.3 is 15.2 Å². The van der Waals surface area contributed by atoms with Crippen molar-refractivity contribution >= 4 is 31.9 Å². The summed E-state index contributed by atoms with van der Waals surface area (Å²) in [5.41, 5.74) is 0.942. The maximum Gasteiger partial charge on any atom is 0.137 e. The molecular formula is C16H23Br2NO2. The van der Waals surface area contributed by atoms with Crippen LogP contribution in [0, 0.1) is 5.92 Å². The number of ether oxygens (including phenoxy) is 1. The van der Waals surface area contributed by atoms with Crippen molar-refractivity contribution in [1.82, 2.24) is 5.32 Å². The number of hydrogen-bond donors (Lipinski definition) is 2. The van der Waals surface area contributed by atoms with Crippen LogP contribution in [0.4, 0.5) is 0 Å². The zero-order valence-electron chi connectivity index (χ0n) is 12.6. The predicted octanol–water partition coefficient (Wildman–Crippen LogP) is 4.25. The Kier molecular flexibility index (Phi) is 6.12. The largest absolute Gasteiger partial charge is 0.495 e. The Labute approximate surface area is 143 Å². The van der Waals surface area contributed by atoms with Gasteiger partial charge in [-0.25, -0.2) is 0 Å². The van der Waals surface area contributed by atoms with Gasteiger partial charge in [-0.05, 0) is 59.7 Å². The van der Waals surface area contributed by atoms with Crippen molar-refractivity contribution in [2.75, 3.05) is 13.7 Å². The minimum Gasteiger partial charge on any atom is -0.495 e. The molecule has 1 fully saturated rings. The molecule has 1 aromatic rings. The summed E-state index contributed by atoms with van der Waals surface area (Å²) in [6.45, 7) is 3.17. The lowest BCUT2D eigenvalue weighted by Crippen LogP contribution is -2.50. The number of methoxy groups -OCH3 is 1. The number of aliphatic hydroxyl groups excluding tert-OH is 1. The van der Waals surface area contributed by atoms with Gasteiger partial charge >= 0.3 is 0 Å². The summed E-state index contributed by atoms with van der Waals surface area (Å²) in [4.78, 5) is 0. The molecular weight excluding hydrogens is 398 g/mol. The first-order valence-corrected chi connectivity index (χ1v) is 8.96. The van der Waals surface area contributed by atoms with Crippen LogP contribution in [0.2, 0.25) is 0 Å². The van der Waals surface area contributed by atoms with Gasteiger partial charge in [-0.3, -0.25) is 0 Å². The van der Waals surface area contributed by atoms with Gasteiger partial charge in [0.1, 0.15) is 5.75 Å². The van der Waals surface area contributed by atoms with E-state index in [0.29, 0.717) is 6.54 Å². The van der Waals surface area contributed by atoms with Crippen LogP contribution in [0.3, 0.4) is 0 Å². The quantitative estimate of drug-likeness (QED) is 0.747. The molecule has 1 aliphatic rings. The first-order chi connectivity index (χ1) is 9.99. The third-order valence-electron chi connectivity index (χ3n) is 4.48. The number of rotatable bonds is 5. The van der Waals surface area contributed by atoms with E-state index in [1.807, 2.05) is 6.07 Å². The van der Waals surface area contributed by atoms with E-state index in [-0.39, 0.29) is 12.1 Å². The third kappa shape index (κ3) is 4.21. The van der Waals surface area contributed by atoms with E-state index in [9.17, 15) is 5.11 Å². The van der Waals surface area contributed by atoms with Crippen molar-refractivity contribution in [1.29, 1.82) is 0 Å². The van der Waals surface area contributed by atoms with Crippen LogP contribution in [0.15, 0.2) is 21.1 Å². The zero-order chi connectivity index (χ0) is 15.5. The second-order valence-corrected chi connectivity index (χ2v) is 7.82. The lowest BCUT2D eigenvalue weighted by Gasteiger charge is -2.39. The van der Waals surface area contributed by atoms with Crippen LogP contribution in [-0.4, -0.2) is 24.4 Å². The maximum atomic E-state index is 9.83. The fraction of sp³-hybridized carbons (Fsp3) is 0.625. The molecule has 0 amide bonds. The monoisotopic (exact) mass is 419 g/mol. The Morgan fingerprint density at radius 3 is 2.57 bits per heavy atom. The molecule has 1 aliphatic carbocycles. The van der Waals surface area contributed by atoms with Gasteiger partial charge in [0.2, 0.25) is 0 Å². The summed E-state index contributed by atoms with van der Waals surface area (Å²) in [6.07, 6.45) is 4.41. The Hall–Kier alpha value is -0.100. The van der Waals surface area contributed by atoms with Gasteiger partial charge in [0.25, 0.3) is 0 Å². The molecule has 0 radical (unpaired) electrons. The summed E-state index contributed by atoms with van der Waals surface area (Å²) in [5.74, 6) is 1.61. The molecule has 0 spiro atoms. The van der Waals surface area contributed by atoms with Gasteiger partial charge in [-0.1, -0.05) is 22.9 Å². The van der Waals surface area contributed by atoms with Crippen LogP contribution < -0.4 is 10.1 Å². The number of halogens is 2. The lowest BCUT2D eigenvalue weighted by molar-refractivity contribution is 0.104. The fourth-order valence-electron chi connectivity index (χ4n) is 2.96. The van der Waals surface area contributed by atoms with E-state index in [1.54, 1.807) is 7.11 Å². The zero-order valence-corrected chi connectivity index (χ0v) is 15.8. The van der Waals surface area contributed by atoms with Crippen molar-refractivity contribution in [3.05, 3.63) is 26.6 Å². The van der Waals surface area contributed by atoms with Gasteiger partial charge in [0.05, 0.1) is 18.2 Å². The topological polar surface area (TPSA) is 41.5 Å². The first kappa shape index (κ1) is 17.3. The van der Waals surface area contributed by atoms with E-state index in [1.165, 1.54) is 12.8 Å². The van der Waals surface area contributed by atoms with Crippen LogP contribution in [0.25, 0.3) is 0 Å².